The molecule has 0 bridgehead atoms. The molecule has 68 heavy (non-hydrogen) atoms. The van der Waals surface area contributed by atoms with Crippen LogP contribution in [0.3, 0.4) is 0 Å². The fourth-order valence-electron chi connectivity index (χ4n) is 9.26. The Morgan fingerprint density at radius 2 is 0.676 bits per heavy atom. The van der Waals surface area contributed by atoms with Gasteiger partial charge in [0.1, 0.15) is 19.3 Å². The smallest absolute Gasteiger partial charge is 0.306 e. The molecule has 1 unspecified atom stereocenters. The highest BCUT2D eigenvalue weighted by Gasteiger charge is 2.20. The average molecular weight is 987 g/mol. The van der Waals surface area contributed by atoms with Crippen LogP contribution in [0.25, 0.3) is 0 Å². The number of quaternary nitrogens is 1. The van der Waals surface area contributed by atoms with Crippen LogP contribution < -0.4 is 4.89 Å². The monoisotopic (exact) mass is 986 g/mol. The van der Waals surface area contributed by atoms with Gasteiger partial charge in [0.05, 0.1) is 34.4 Å². The van der Waals surface area contributed by atoms with Crippen molar-refractivity contribution in [3.8, 4) is 0 Å². The molecule has 0 radical (unpaired) electrons. The van der Waals surface area contributed by atoms with Gasteiger partial charge < -0.3 is 27.9 Å². The predicted octanol–water partition coefficient (Wildman–Crippen LogP) is 18.5. The van der Waals surface area contributed by atoms with Gasteiger partial charge in [-0.2, -0.15) is 0 Å². The van der Waals surface area contributed by atoms with Gasteiger partial charge in [-0.25, -0.2) is 0 Å². The van der Waals surface area contributed by atoms with Crippen molar-refractivity contribution >= 4 is 13.8 Å². The minimum atomic E-state index is -4.53. The molecule has 0 rings (SSSR count). The summed E-state index contributed by atoms with van der Waals surface area (Å²) < 4.78 is 34.9. The summed E-state index contributed by atoms with van der Waals surface area (Å²) in [6.45, 7) is 5.51. The molecular formula is C59H120NO7P. The summed E-state index contributed by atoms with van der Waals surface area (Å²) in [6.07, 6.45) is 61.6. The number of hydrogen-bond donors (Lipinski definition) is 0. The Kier molecular flexibility index (Phi) is 52.4. The molecule has 0 aromatic rings. The van der Waals surface area contributed by atoms with Crippen LogP contribution in [0.4, 0.5) is 0 Å². The maximum Gasteiger partial charge on any atom is 0.306 e. The van der Waals surface area contributed by atoms with Gasteiger partial charge in [0.15, 0.2) is 0 Å². The fraction of sp³-hybridized carbons (Fsp3) is 0.983. The van der Waals surface area contributed by atoms with Crippen molar-refractivity contribution in [1.29, 1.82) is 0 Å². The van der Waals surface area contributed by atoms with Crippen molar-refractivity contribution in [1.82, 2.24) is 0 Å². The molecule has 0 amide bonds. The number of phosphoric ester groups is 1. The maximum atomic E-state index is 12.8. The molecule has 0 aromatic carbocycles. The lowest BCUT2D eigenvalue weighted by molar-refractivity contribution is -0.870. The number of rotatable bonds is 58. The van der Waals surface area contributed by atoms with Crippen LogP contribution in [-0.2, 0) is 27.9 Å². The first kappa shape index (κ1) is 67.5. The van der Waals surface area contributed by atoms with Crippen molar-refractivity contribution in [2.24, 2.45) is 0 Å². The summed E-state index contributed by atoms with van der Waals surface area (Å²) in [5, 5.41) is 0. The molecule has 0 aromatic heterocycles. The number of unbranched alkanes of at least 4 members (excludes halogenated alkanes) is 44. The molecule has 0 saturated heterocycles. The van der Waals surface area contributed by atoms with Gasteiger partial charge >= 0.3 is 5.97 Å². The van der Waals surface area contributed by atoms with Gasteiger partial charge in [-0.15, -0.1) is 0 Å². The Labute approximate surface area is 425 Å². The van der Waals surface area contributed by atoms with E-state index in [4.69, 9.17) is 18.5 Å². The highest BCUT2D eigenvalue weighted by atomic mass is 31.2. The lowest BCUT2D eigenvalue weighted by Crippen LogP contribution is -2.37. The number of carbonyl (C=O) groups excluding carboxylic acids is 1. The second-order valence-corrected chi connectivity index (χ2v) is 23.5. The van der Waals surface area contributed by atoms with Crippen molar-refractivity contribution in [2.45, 2.75) is 322 Å². The molecule has 0 fully saturated rings. The van der Waals surface area contributed by atoms with Gasteiger partial charge in [-0.3, -0.25) is 9.36 Å². The van der Waals surface area contributed by atoms with E-state index >= 15 is 0 Å². The fourth-order valence-corrected chi connectivity index (χ4v) is 9.99. The van der Waals surface area contributed by atoms with Crippen LogP contribution >= 0.6 is 7.82 Å². The third-order valence-electron chi connectivity index (χ3n) is 13.9. The number of esters is 1. The maximum absolute atomic E-state index is 12.8. The molecule has 0 heterocycles. The second kappa shape index (κ2) is 52.8. The van der Waals surface area contributed by atoms with Crippen LogP contribution in [-0.4, -0.2) is 70.7 Å². The Morgan fingerprint density at radius 3 is 0.971 bits per heavy atom. The van der Waals surface area contributed by atoms with Crippen LogP contribution in [0.2, 0.25) is 0 Å². The topological polar surface area (TPSA) is 94.1 Å². The molecule has 0 aliphatic carbocycles. The van der Waals surface area contributed by atoms with Gasteiger partial charge in [-0.05, 0) is 12.8 Å². The molecule has 0 N–H and O–H groups in total. The zero-order valence-electron chi connectivity index (χ0n) is 46.6. The highest BCUT2D eigenvalue weighted by Crippen LogP contribution is 2.38. The Bertz CT molecular complexity index is 1050. The van der Waals surface area contributed by atoms with Crippen molar-refractivity contribution in [2.75, 3.05) is 54.1 Å². The second-order valence-electron chi connectivity index (χ2n) is 22.1. The molecule has 0 spiro atoms. The van der Waals surface area contributed by atoms with Gasteiger partial charge in [-0.1, -0.05) is 296 Å². The van der Waals surface area contributed by atoms with E-state index in [0.29, 0.717) is 24.1 Å². The third kappa shape index (κ3) is 56.4. The summed E-state index contributed by atoms with van der Waals surface area (Å²) in [5.74, 6) is -0.323. The molecule has 0 aliphatic heterocycles. The van der Waals surface area contributed by atoms with E-state index in [-0.39, 0.29) is 25.8 Å². The van der Waals surface area contributed by atoms with E-state index in [1.807, 2.05) is 21.1 Å². The largest absolute Gasteiger partial charge is 0.756 e. The summed E-state index contributed by atoms with van der Waals surface area (Å²) in [6, 6.07) is 0. The number of phosphoric acid groups is 1. The standard InChI is InChI=1S/C59H120NO7P/c1-6-8-10-12-14-16-18-20-22-24-25-26-27-28-29-30-31-32-33-34-35-36-37-38-40-42-44-46-48-50-52-59(61)67-58(57-66-68(62,63)65-55-53-60(3,4)5)56-64-54-51-49-47-45-43-41-39-23-21-19-17-15-13-11-9-7-2/h58H,6-57H2,1-5H3/t58-/m1/s1. The molecule has 2 atom stereocenters. The Balaban J connectivity index is 3.91. The number of carbonyl (C=O) groups is 1. The number of likely N-dealkylation sites (N-methyl/N-ethyl adjacent to an activating group) is 1. The molecule has 0 aliphatic rings. The number of ether oxygens (including phenoxy) is 2. The first-order chi connectivity index (χ1) is 33.1. The summed E-state index contributed by atoms with van der Waals surface area (Å²) in [5.41, 5.74) is 0. The third-order valence-corrected chi connectivity index (χ3v) is 14.9. The van der Waals surface area contributed by atoms with Crippen LogP contribution in [0.15, 0.2) is 0 Å². The van der Waals surface area contributed by atoms with Crippen LogP contribution in [0.1, 0.15) is 316 Å². The Hall–Kier alpha value is -0.500. The van der Waals surface area contributed by atoms with E-state index < -0.39 is 13.9 Å². The normalized spacial score (nSPS) is 13.3. The minimum absolute atomic E-state index is 0.0319. The first-order valence-electron chi connectivity index (χ1n) is 30.3. The minimum Gasteiger partial charge on any atom is -0.756 e. The predicted molar refractivity (Wildman–Crippen MR) is 291 cm³/mol. The van der Waals surface area contributed by atoms with E-state index in [0.717, 1.165) is 32.1 Å². The lowest BCUT2D eigenvalue weighted by atomic mass is 10.0. The summed E-state index contributed by atoms with van der Waals surface area (Å²) in [7, 11) is 1.38. The van der Waals surface area contributed by atoms with Gasteiger partial charge in [0.2, 0.25) is 0 Å². The van der Waals surface area contributed by atoms with E-state index in [2.05, 4.69) is 13.8 Å². The van der Waals surface area contributed by atoms with Crippen molar-refractivity contribution in [3.05, 3.63) is 0 Å². The number of hydrogen-bond acceptors (Lipinski definition) is 7. The van der Waals surface area contributed by atoms with E-state index in [1.165, 1.54) is 263 Å². The summed E-state index contributed by atoms with van der Waals surface area (Å²) >= 11 is 0. The molecular weight excluding hydrogens is 866 g/mol. The highest BCUT2D eigenvalue weighted by molar-refractivity contribution is 7.45. The first-order valence-corrected chi connectivity index (χ1v) is 31.7. The van der Waals surface area contributed by atoms with Crippen molar-refractivity contribution < 1.29 is 37.3 Å². The molecule has 9 heteroatoms. The van der Waals surface area contributed by atoms with Crippen LogP contribution in [0.5, 0.6) is 0 Å². The molecule has 0 saturated carbocycles. The summed E-state index contributed by atoms with van der Waals surface area (Å²) in [4.78, 5) is 25.3. The average Bonchev–Trinajstić information content (AvgIpc) is 3.30. The number of nitrogens with zero attached hydrogens (tertiary/aromatic N) is 1. The van der Waals surface area contributed by atoms with E-state index in [9.17, 15) is 14.3 Å². The zero-order valence-corrected chi connectivity index (χ0v) is 47.5. The SMILES string of the molecule is CCCCCCCCCCCCCCCCCCCCCCCCCCCCCCCCC(=O)O[C@H](COCCCCCCCCCCCCCCCCCC)COP(=O)([O-])OCC[N+](C)(C)C. The Morgan fingerprint density at radius 1 is 0.397 bits per heavy atom. The molecule has 8 nitrogen and oxygen atoms in total. The van der Waals surface area contributed by atoms with Gasteiger partial charge in [0.25, 0.3) is 7.82 Å². The van der Waals surface area contributed by atoms with Gasteiger partial charge in [0, 0.05) is 13.0 Å². The van der Waals surface area contributed by atoms with E-state index in [1.54, 1.807) is 0 Å². The van der Waals surface area contributed by atoms with Crippen LogP contribution in [0, 0.1) is 0 Å². The van der Waals surface area contributed by atoms with Crippen molar-refractivity contribution in [3.63, 3.8) is 0 Å². The molecule has 408 valence electrons. The quantitative estimate of drug-likeness (QED) is 0.0259. The zero-order chi connectivity index (χ0) is 49.8. The lowest BCUT2D eigenvalue weighted by Gasteiger charge is -2.28.